The predicted molar refractivity (Wildman–Crippen MR) is 180 cm³/mol. The second kappa shape index (κ2) is 12.7. The molecule has 2 saturated heterocycles. The molecule has 1 saturated carbocycles. The highest BCUT2D eigenvalue weighted by Gasteiger charge is 2.67. The normalized spacial score (nSPS) is 22.1. The van der Waals surface area contributed by atoms with Gasteiger partial charge in [0.2, 0.25) is 11.8 Å². The first-order valence-corrected chi connectivity index (χ1v) is 17.1. The van der Waals surface area contributed by atoms with Crippen LogP contribution in [0.2, 0.25) is 0 Å². The average Bonchev–Trinajstić information content (AvgIpc) is 3.46. The number of alkyl halides is 1. The fourth-order valence-corrected chi connectivity index (χ4v) is 7.78. The van der Waals surface area contributed by atoms with Crippen LogP contribution < -0.4 is 5.32 Å². The topological polar surface area (TPSA) is 139 Å². The van der Waals surface area contributed by atoms with Gasteiger partial charge in [-0.3, -0.25) is 19.1 Å². The zero-order chi connectivity index (χ0) is 33.7. The summed E-state index contributed by atoms with van der Waals surface area (Å²) in [5.41, 5.74) is 2.03. The highest BCUT2D eigenvalue weighted by molar-refractivity contribution is 9.10. The van der Waals surface area contributed by atoms with Gasteiger partial charge in [0.15, 0.2) is 5.78 Å². The van der Waals surface area contributed by atoms with Crippen LogP contribution in [0.15, 0.2) is 35.2 Å². The third-order valence-electron chi connectivity index (χ3n) is 9.92. The average molecular weight is 719 g/mol. The summed E-state index contributed by atoms with van der Waals surface area (Å²) in [6, 6.07) is 4.50. The summed E-state index contributed by atoms with van der Waals surface area (Å²) in [5.74, 6) is 0.0655. The maximum Gasteiger partial charge on any atom is 0.248 e. The highest BCUT2D eigenvalue weighted by atomic mass is 79.9. The minimum Gasteiger partial charge on any atom is -0.325 e. The summed E-state index contributed by atoms with van der Waals surface area (Å²) in [7, 11) is 0. The number of likely N-dealkylation sites (tertiary alicyclic amines) is 2. The van der Waals surface area contributed by atoms with E-state index in [1.165, 1.54) is 18.0 Å². The molecule has 0 bridgehead atoms. The van der Waals surface area contributed by atoms with E-state index in [0.717, 1.165) is 44.5 Å². The van der Waals surface area contributed by atoms with Crippen LogP contribution in [0.4, 0.5) is 10.2 Å². The van der Waals surface area contributed by atoms with Crippen LogP contribution in [0.1, 0.15) is 66.6 Å². The van der Waals surface area contributed by atoms with Crippen LogP contribution in [-0.4, -0.2) is 88.8 Å². The second-order valence-corrected chi connectivity index (χ2v) is 14.1. The minimum absolute atomic E-state index is 0.0497. The zero-order valence-electron chi connectivity index (χ0n) is 27.2. The lowest BCUT2D eigenvalue weighted by Gasteiger charge is -2.30. The highest BCUT2D eigenvalue weighted by Crippen LogP contribution is 2.60. The number of carbonyl (C=O) groups is 3. The molecule has 0 radical (unpaired) electrons. The van der Waals surface area contributed by atoms with Gasteiger partial charge in [-0.2, -0.15) is 5.10 Å². The van der Waals surface area contributed by atoms with Crippen molar-refractivity contribution >= 4 is 50.2 Å². The lowest BCUT2D eigenvalue weighted by Crippen LogP contribution is -2.47. The van der Waals surface area contributed by atoms with E-state index < -0.39 is 12.7 Å². The first-order chi connectivity index (χ1) is 23.1. The Labute approximate surface area is 285 Å². The Morgan fingerprint density at radius 3 is 2.52 bits per heavy atom. The standard InChI is InChI=1S/C34H37BrFN9O3/c1-19-7-8-28(35)40-32(19)41-33(48)26-12-34(18-43-9-5-4-6-10-43)13-27(34)45(26)29(47)17-44-31-23(30(42-44)20(2)46)11-24(39-25(31)14-36)22-15-37-21(3)38-16-22/h7-8,11,15-16,26-27H,4-6,9-10,12-14,17-18H2,1-3H3,(H,40,41,48)/t26-,27+,34-/m0/s1. The van der Waals surface area contributed by atoms with Crippen LogP contribution in [0.25, 0.3) is 22.2 Å². The Morgan fingerprint density at radius 1 is 1.06 bits per heavy atom. The number of piperidine rings is 2. The molecule has 3 atom stereocenters. The molecule has 1 aliphatic carbocycles. The van der Waals surface area contributed by atoms with Gasteiger partial charge in [-0.05, 0) is 86.2 Å². The number of aryl methyl sites for hydroxylation is 2. The van der Waals surface area contributed by atoms with Crippen LogP contribution in [0.5, 0.6) is 0 Å². The fraction of sp³-hybridized carbons (Fsp3) is 0.471. The molecule has 1 N–H and O–H groups in total. The predicted octanol–water partition coefficient (Wildman–Crippen LogP) is 4.82. The van der Waals surface area contributed by atoms with E-state index in [4.69, 9.17) is 0 Å². The van der Waals surface area contributed by atoms with E-state index in [2.05, 4.69) is 51.2 Å². The van der Waals surface area contributed by atoms with Crippen LogP contribution in [0, 0.1) is 19.3 Å². The van der Waals surface area contributed by atoms with Gasteiger partial charge in [0.05, 0.1) is 16.9 Å². The zero-order valence-corrected chi connectivity index (χ0v) is 28.8. The van der Waals surface area contributed by atoms with Crippen molar-refractivity contribution in [2.75, 3.05) is 25.0 Å². The SMILES string of the molecule is CC(=O)c1nn(CC(=O)N2[C@H](C(=O)Nc3nc(Br)ccc3C)C[C@@]3(CN4CCCCC4)C[C@@H]23)c2c(CF)nc(-c3cnc(C)nc3)cc12. The number of pyridine rings is 2. The third kappa shape index (κ3) is 6.00. The molecule has 6 heterocycles. The summed E-state index contributed by atoms with van der Waals surface area (Å²) >= 11 is 3.38. The maximum absolute atomic E-state index is 14.6. The molecule has 3 aliphatic rings. The van der Waals surface area contributed by atoms with E-state index in [1.807, 2.05) is 13.0 Å². The first-order valence-electron chi connectivity index (χ1n) is 16.3. The van der Waals surface area contributed by atoms with Gasteiger partial charge in [-0.15, -0.1) is 0 Å². The molecule has 2 aliphatic heterocycles. The quantitative estimate of drug-likeness (QED) is 0.191. The first kappa shape index (κ1) is 32.4. The summed E-state index contributed by atoms with van der Waals surface area (Å²) < 4.78 is 16.6. The Morgan fingerprint density at radius 2 is 1.81 bits per heavy atom. The van der Waals surface area contributed by atoms with Gasteiger partial charge < -0.3 is 15.1 Å². The Kier molecular flexibility index (Phi) is 8.56. The second-order valence-electron chi connectivity index (χ2n) is 13.3. The lowest BCUT2D eigenvalue weighted by molar-refractivity contribution is -0.138. The Balaban J connectivity index is 1.22. The number of hydrogen-bond donors (Lipinski definition) is 1. The van der Waals surface area contributed by atoms with Crippen molar-refractivity contribution in [1.82, 2.24) is 39.5 Å². The molecule has 12 nitrogen and oxygen atoms in total. The monoisotopic (exact) mass is 717 g/mol. The molecular weight excluding hydrogens is 681 g/mol. The minimum atomic E-state index is -0.941. The number of rotatable bonds is 9. The number of fused-ring (bicyclic) bond motifs is 2. The van der Waals surface area contributed by atoms with Crippen molar-refractivity contribution in [1.29, 1.82) is 0 Å². The molecule has 0 spiro atoms. The van der Waals surface area contributed by atoms with Gasteiger partial charge in [-0.25, -0.2) is 24.3 Å². The summed E-state index contributed by atoms with van der Waals surface area (Å²) in [6.45, 7) is 6.66. The molecule has 4 aromatic heterocycles. The molecule has 0 unspecified atom stereocenters. The number of carbonyl (C=O) groups excluding carboxylic acids is 3. The Bertz CT molecular complexity index is 1930. The molecule has 48 heavy (non-hydrogen) atoms. The molecule has 14 heteroatoms. The molecular formula is C34H37BrFN9O3. The van der Waals surface area contributed by atoms with Crippen LogP contribution in [-0.2, 0) is 22.8 Å². The number of anilines is 1. The van der Waals surface area contributed by atoms with Crippen molar-refractivity contribution in [3.05, 3.63) is 58.0 Å². The van der Waals surface area contributed by atoms with E-state index in [9.17, 15) is 18.8 Å². The van der Waals surface area contributed by atoms with Crippen LogP contribution >= 0.6 is 15.9 Å². The van der Waals surface area contributed by atoms with Crippen molar-refractivity contribution in [3.63, 3.8) is 0 Å². The lowest BCUT2D eigenvalue weighted by atomic mass is 9.97. The third-order valence-corrected chi connectivity index (χ3v) is 10.4. The number of ketones is 1. The summed E-state index contributed by atoms with van der Waals surface area (Å²) in [6.07, 6.45) is 8.05. The summed E-state index contributed by atoms with van der Waals surface area (Å²) in [5, 5.41) is 7.89. The van der Waals surface area contributed by atoms with Gasteiger partial charge in [0, 0.05) is 48.3 Å². The van der Waals surface area contributed by atoms with E-state index in [0.29, 0.717) is 39.3 Å². The molecule has 250 valence electrons. The van der Waals surface area contributed by atoms with E-state index >= 15 is 0 Å². The van der Waals surface area contributed by atoms with Crippen molar-refractivity contribution in [3.8, 4) is 11.3 Å². The smallest absolute Gasteiger partial charge is 0.248 e. The van der Waals surface area contributed by atoms with Gasteiger partial charge in [-0.1, -0.05) is 12.5 Å². The summed E-state index contributed by atoms with van der Waals surface area (Å²) in [4.78, 5) is 62.7. The number of halogens is 2. The number of nitrogens with one attached hydrogen (secondary N) is 1. The molecule has 7 rings (SSSR count). The van der Waals surface area contributed by atoms with Gasteiger partial charge in [0.25, 0.3) is 0 Å². The van der Waals surface area contributed by atoms with Gasteiger partial charge in [0.1, 0.15) is 41.2 Å². The van der Waals surface area contributed by atoms with Crippen LogP contribution in [0.3, 0.4) is 0 Å². The molecule has 4 aromatic rings. The number of aromatic nitrogens is 6. The number of Topliss-reactive ketones (excluding diaryl/α,β-unsaturated/α-hetero) is 1. The number of nitrogens with zero attached hydrogens (tertiary/aromatic N) is 8. The van der Waals surface area contributed by atoms with Crippen molar-refractivity contribution in [2.24, 2.45) is 5.41 Å². The number of amides is 2. The van der Waals surface area contributed by atoms with E-state index in [1.54, 1.807) is 36.4 Å². The maximum atomic E-state index is 14.6. The molecule has 3 fully saturated rings. The van der Waals surface area contributed by atoms with Gasteiger partial charge >= 0.3 is 0 Å². The largest absolute Gasteiger partial charge is 0.325 e. The fourth-order valence-electron chi connectivity index (χ4n) is 7.47. The molecule has 2 amide bonds. The van der Waals surface area contributed by atoms with Crippen molar-refractivity contribution in [2.45, 2.75) is 78.2 Å². The van der Waals surface area contributed by atoms with E-state index in [-0.39, 0.29) is 52.5 Å². The molecule has 0 aromatic carbocycles. The number of hydrogen-bond acceptors (Lipinski definition) is 9. The Hall–Kier alpha value is -4.17. The van der Waals surface area contributed by atoms with Crippen molar-refractivity contribution < 1.29 is 18.8 Å².